The van der Waals surface area contributed by atoms with Gasteiger partial charge in [-0.25, -0.2) is 0 Å². The third kappa shape index (κ3) is 3.68. The van der Waals surface area contributed by atoms with Crippen LogP contribution in [-0.4, -0.2) is 48.0 Å². The van der Waals surface area contributed by atoms with E-state index in [0.29, 0.717) is 32.0 Å². The van der Waals surface area contributed by atoms with Gasteiger partial charge < -0.3 is 15.0 Å². The summed E-state index contributed by atoms with van der Waals surface area (Å²) in [4.78, 5) is 31.7. The molecule has 1 atom stereocenters. The summed E-state index contributed by atoms with van der Waals surface area (Å²) in [6.45, 7) is 8.18. The Balaban J connectivity index is 1.81. The van der Waals surface area contributed by atoms with E-state index in [-0.39, 0.29) is 23.1 Å². The van der Waals surface area contributed by atoms with Gasteiger partial charge >= 0.3 is 0 Å². The molecule has 2 saturated heterocycles. The molecule has 2 aliphatic rings. The molecule has 1 aromatic rings. The van der Waals surface area contributed by atoms with Crippen molar-refractivity contribution in [2.45, 2.75) is 33.6 Å². The van der Waals surface area contributed by atoms with E-state index in [2.05, 4.69) is 10.3 Å². The molecular formula is C19H27N3O3. The van der Waals surface area contributed by atoms with Crippen LogP contribution >= 0.6 is 0 Å². The molecule has 1 N–H and O–H groups in total. The van der Waals surface area contributed by atoms with Gasteiger partial charge in [0.05, 0.1) is 17.8 Å². The molecule has 6 heteroatoms. The Morgan fingerprint density at radius 3 is 2.64 bits per heavy atom. The molecule has 1 spiro atoms. The number of carbonyl (C=O) groups is 2. The van der Waals surface area contributed by atoms with Crippen LogP contribution in [-0.2, 0) is 14.3 Å². The lowest BCUT2D eigenvalue weighted by Gasteiger charge is -2.37. The fraction of sp³-hybridized carbons (Fsp3) is 0.632. The summed E-state index contributed by atoms with van der Waals surface area (Å²) in [6, 6.07) is 3.62. The number of nitrogens with zero attached hydrogens (tertiary/aromatic N) is 2. The van der Waals surface area contributed by atoms with Crippen LogP contribution in [0.2, 0.25) is 0 Å². The SMILES string of the molecule is CC(C)(C)C(=O)N1CC(C(=O)Nc2cccnc2)C2(CCOCC2)C1. The highest BCUT2D eigenvalue weighted by Crippen LogP contribution is 2.45. The highest BCUT2D eigenvalue weighted by Gasteiger charge is 2.52. The Morgan fingerprint density at radius 2 is 2.04 bits per heavy atom. The second-order valence-corrected chi connectivity index (χ2v) is 8.19. The van der Waals surface area contributed by atoms with E-state index < -0.39 is 5.41 Å². The molecule has 25 heavy (non-hydrogen) atoms. The fourth-order valence-electron chi connectivity index (χ4n) is 3.91. The van der Waals surface area contributed by atoms with Crippen LogP contribution in [0.5, 0.6) is 0 Å². The Bertz CT molecular complexity index is 633. The van der Waals surface area contributed by atoms with Gasteiger partial charge in [0.25, 0.3) is 0 Å². The van der Waals surface area contributed by atoms with Gasteiger partial charge in [0.2, 0.25) is 11.8 Å². The molecule has 0 saturated carbocycles. The summed E-state index contributed by atoms with van der Waals surface area (Å²) >= 11 is 0. The van der Waals surface area contributed by atoms with E-state index in [9.17, 15) is 9.59 Å². The van der Waals surface area contributed by atoms with Crippen molar-refractivity contribution in [3.05, 3.63) is 24.5 Å². The molecule has 0 aliphatic carbocycles. The normalized spacial score (nSPS) is 22.8. The van der Waals surface area contributed by atoms with Crippen LogP contribution in [0, 0.1) is 16.7 Å². The standard InChI is InChI=1S/C19H27N3O3/c1-18(2,3)17(24)22-12-15(19(13-22)6-9-25-10-7-19)16(23)21-14-5-4-8-20-11-14/h4-5,8,11,15H,6-7,9-10,12-13H2,1-3H3,(H,21,23). The molecule has 136 valence electrons. The number of rotatable bonds is 2. The van der Waals surface area contributed by atoms with Crippen LogP contribution in [0.3, 0.4) is 0 Å². The average molecular weight is 345 g/mol. The molecule has 6 nitrogen and oxygen atoms in total. The lowest BCUT2D eigenvalue weighted by molar-refractivity contribution is -0.139. The van der Waals surface area contributed by atoms with Gasteiger partial charge in [0.1, 0.15) is 0 Å². The van der Waals surface area contributed by atoms with Gasteiger partial charge in [-0.3, -0.25) is 14.6 Å². The van der Waals surface area contributed by atoms with Crippen LogP contribution in [0.1, 0.15) is 33.6 Å². The van der Waals surface area contributed by atoms with Gasteiger partial charge in [0.15, 0.2) is 0 Å². The van der Waals surface area contributed by atoms with E-state index in [1.807, 2.05) is 31.7 Å². The fourth-order valence-corrected chi connectivity index (χ4v) is 3.91. The molecular weight excluding hydrogens is 318 g/mol. The summed E-state index contributed by atoms with van der Waals surface area (Å²) < 4.78 is 5.52. The Hall–Kier alpha value is -1.95. The first-order valence-electron chi connectivity index (χ1n) is 8.90. The maximum atomic E-state index is 13.0. The minimum absolute atomic E-state index is 0.0286. The quantitative estimate of drug-likeness (QED) is 0.893. The zero-order valence-electron chi connectivity index (χ0n) is 15.2. The Labute approximate surface area is 148 Å². The smallest absolute Gasteiger partial charge is 0.229 e. The van der Waals surface area contributed by atoms with Gasteiger partial charge in [-0.2, -0.15) is 0 Å². The van der Waals surface area contributed by atoms with Gasteiger partial charge in [-0.15, -0.1) is 0 Å². The van der Waals surface area contributed by atoms with Crippen molar-refractivity contribution >= 4 is 17.5 Å². The van der Waals surface area contributed by atoms with Crippen molar-refractivity contribution in [3.63, 3.8) is 0 Å². The van der Waals surface area contributed by atoms with Crippen LogP contribution < -0.4 is 5.32 Å². The van der Waals surface area contributed by atoms with Gasteiger partial charge in [-0.1, -0.05) is 20.8 Å². The Kier molecular flexibility index (Phi) is 4.82. The molecule has 2 fully saturated rings. The predicted octanol–water partition coefficient (Wildman–Crippen LogP) is 2.32. The highest BCUT2D eigenvalue weighted by molar-refractivity contribution is 5.94. The van der Waals surface area contributed by atoms with Gasteiger partial charge in [0, 0.05) is 43.3 Å². The summed E-state index contributed by atoms with van der Waals surface area (Å²) in [6.07, 6.45) is 4.94. The lowest BCUT2D eigenvalue weighted by Crippen LogP contribution is -2.42. The van der Waals surface area contributed by atoms with Crippen molar-refractivity contribution < 1.29 is 14.3 Å². The first-order valence-corrected chi connectivity index (χ1v) is 8.90. The van der Waals surface area contributed by atoms with E-state index in [0.717, 1.165) is 12.8 Å². The van der Waals surface area contributed by atoms with Crippen LogP contribution in [0.15, 0.2) is 24.5 Å². The number of amides is 2. The van der Waals surface area contributed by atoms with Crippen molar-refractivity contribution in [1.82, 2.24) is 9.88 Å². The third-order valence-electron chi connectivity index (χ3n) is 5.31. The number of nitrogens with one attached hydrogen (secondary N) is 1. The minimum atomic E-state index is -0.443. The summed E-state index contributed by atoms with van der Waals surface area (Å²) in [5.41, 5.74) is 0.0577. The molecule has 1 aromatic heterocycles. The number of hydrogen-bond donors (Lipinski definition) is 1. The van der Waals surface area contributed by atoms with Crippen molar-refractivity contribution in [2.24, 2.45) is 16.7 Å². The minimum Gasteiger partial charge on any atom is -0.381 e. The monoisotopic (exact) mass is 345 g/mol. The lowest BCUT2D eigenvalue weighted by atomic mass is 9.71. The molecule has 0 radical (unpaired) electrons. The van der Waals surface area contributed by atoms with Crippen molar-refractivity contribution in [2.75, 3.05) is 31.6 Å². The number of anilines is 1. The summed E-state index contributed by atoms with van der Waals surface area (Å²) in [5.74, 6) is -0.142. The average Bonchev–Trinajstić information content (AvgIpc) is 2.93. The molecule has 0 bridgehead atoms. The Morgan fingerprint density at radius 1 is 1.32 bits per heavy atom. The largest absolute Gasteiger partial charge is 0.381 e. The van der Waals surface area contributed by atoms with E-state index >= 15 is 0 Å². The first-order chi connectivity index (χ1) is 11.8. The zero-order chi connectivity index (χ0) is 18.1. The van der Waals surface area contributed by atoms with E-state index in [1.165, 1.54) is 0 Å². The number of aromatic nitrogens is 1. The van der Waals surface area contributed by atoms with Gasteiger partial charge in [-0.05, 0) is 25.0 Å². The number of carbonyl (C=O) groups excluding carboxylic acids is 2. The summed E-state index contributed by atoms with van der Waals surface area (Å²) in [7, 11) is 0. The molecule has 2 aliphatic heterocycles. The predicted molar refractivity (Wildman–Crippen MR) is 94.9 cm³/mol. The van der Waals surface area contributed by atoms with Crippen molar-refractivity contribution in [1.29, 1.82) is 0 Å². The highest BCUT2D eigenvalue weighted by atomic mass is 16.5. The maximum absolute atomic E-state index is 13.0. The second-order valence-electron chi connectivity index (χ2n) is 8.19. The number of ether oxygens (including phenoxy) is 1. The molecule has 1 unspecified atom stereocenters. The maximum Gasteiger partial charge on any atom is 0.229 e. The number of hydrogen-bond acceptors (Lipinski definition) is 4. The van der Waals surface area contributed by atoms with Crippen molar-refractivity contribution in [3.8, 4) is 0 Å². The molecule has 2 amide bonds. The van der Waals surface area contributed by atoms with Crippen LogP contribution in [0.25, 0.3) is 0 Å². The second kappa shape index (κ2) is 6.75. The van der Waals surface area contributed by atoms with Crippen LogP contribution in [0.4, 0.5) is 5.69 Å². The topological polar surface area (TPSA) is 71.5 Å². The van der Waals surface area contributed by atoms with E-state index in [1.54, 1.807) is 18.5 Å². The van der Waals surface area contributed by atoms with E-state index in [4.69, 9.17) is 4.74 Å². The number of likely N-dealkylation sites (tertiary alicyclic amines) is 1. The molecule has 0 aromatic carbocycles. The molecule has 3 heterocycles. The third-order valence-corrected chi connectivity index (χ3v) is 5.31. The first kappa shape index (κ1) is 17.9. The summed E-state index contributed by atoms with van der Waals surface area (Å²) in [5, 5.41) is 2.97. The number of pyridine rings is 1. The molecule has 3 rings (SSSR count). The zero-order valence-corrected chi connectivity index (χ0v) is 15.2.